The van der Waals surface area contributed by atoms with Crippen molar-refractivity contribution in [3.05, 3.63) is 11.7 Å². The first-order chi connectivity index (χ1) is 9.32. The minimum atomic E-state index is 0.0756. The van der Waals surface area contributed by atoms with Crippen molar-refractivity contribution in [1.82, 2.24) is 15.5 Å². The number of nitrogens with one attached hydrogen (secondary N) is 1. The van der Waals surface area contributed by atoms with Crippen molar-refractivity contribution in [2.24, 2.45) is 5.92 Å². The molecular weight excluding hydrogens is 242 g/mol. The summed E-state index contributed by atoms with van der Waals surface area (Å²) in [6.45, 7) is 5.95. The van der Waals surface area contributed by atoms with Crippen LogP contribution in [0, 0.1) is 5.92 Å². The molecule has 3 heterocycles. The van der Waals surface area contributed by atoms with Crippen molar-refractivity contribution < 1.29 is 9.26 Å². The fraction of sp³-hybridized carbons (Fsp3) is 0.857. The maximum absolute atomic E-state index is 5.57. The number of aromatic nitrogens is 2. The van der Waals surface area contributed by atoms with Crippen LogP contribution in [0.5, 0.6) is 0 Å². The Morgan fingerprint density at radius 3 is 3.11 bits per heavy atom. The zero-order valence-corrected chi connectivity index (χ0v) is 11.7. The maximum atomic E-state index is 5.57. The first kappa shape index (κ1) is 13.1. The van der Waals surface area contributed by atoms with Crippen molar-refractivity contribution in [3.8, 4) is 0 Å². The van der Waals surface area contributed by atoms with Crippen molar-refractivity contribution in [2.45, 2.75) is 44.4 Å². The number of hydrogen-bond acceptors (Lipinski definition) is 5. The fourth-order valence-corrected chi connectivity index (χ4v) is 3.28. The lowest BCUT2D eigenvalue weighted by molar-refractivity contribution is 0.185. The Labute approximate surface area is 114 Å². The summed E-state index contributed by atoms with van der Waals surface area (Å²) in [6.07, 6.45) is 5.38. The Bertz CT molecular complexity index is 407. The SMILES string of the molecule is CCCC1(c2nc(CC3CCOC3)no2)CCNC1. The molecule has 106 valence electrons. The standard InChI is InChI=1S/C14H23N3O2/c1-2-4-14(5-6-15-10-14)13-16-12(17-19-13)8-11-3-7-18-9-11/h11,15H,2-10H2,1H3. The van der Waals surface area contributed by atoms with E-state index in [1.54, 1.807) is 0 Å². The summed E-state index contributed by atoms with van der Waals surface area (Å²) in [5, 5.41) is 7.61. The summed E-state index contributed by atoms with van der Waals surface area (Å²) >= 11 is 0. The Morgan fingerprint density at radius 2 is 2.42 bits per heavy atom. The van der Waals surface area contributed by atoms with Crippen LogP contribution < -0.4 is 5.32 Å². The van der Waals surface area contributed by atoms with Crippen LogP contribution in [0.15, 0.2) is 4.52 Å². The minimum Gasteiger partial charge on any atom is -0.381 e. The molecule has 0 bridgehead atoms. The van der Waals surface area contributed by atoms with Gasteiger partial charge in [-0.2, -0.15) is 4.98 Å². The van der Waals surface area contributed by atoms with Gasteiger partial charge in [0.25, 0.3) is 0 Å². The summed E-state index contributed by atoms with van der Waals surface area (Å²) in [4.78, 5) is 4.67. The van der Waals surface area contributed by atoms with Gasteiger partial charge in [0.1, 0.15) is 0 Å². The topological polar surface area (TPSA) is 60.2 Å². The van der Waals surface area contributed by atoms with Crippen LogP contribution in [0.3, 0.4) is 0 Å². The second-order valence-corrected chi connectivity index (χ2v) is 5.91. The van der Waals surface area contributed by atoms with E-state index in [4.69, 9.17) is 9.26 Å². The minimum absolute atomic E-state index is 0.0756. The Kier molecular flexibility index (Phi) is 3.84. The maximum Gasteiger partial charge on any atom is 0.234 e. The molecule has 0 spiro atoms. The van der Waals surface area contributed by atoms with Gasteiger partial charge in [0.2, 0.25) is 5.89 Å². The van der Waals surface area contributed by atoms with E-state index in [-0.39, 0.29) is 5.41 Å². The Morgan fingerprint density at radius 1 is 1.47 bits per heavy atom. The summed E-state index contributed by atoms with van der Waals surface area (Å²) in [6, 6.07) is 0. The third kappa shape index (κ3) is 2.67. The predicted molar refractivity (Wildman–Crippen MR) is 71.0 cm³/mol. The summed E-state index contributed by atoms with van der Waals surface area (Å²) in [5.41, 5.74) is 0.0756. The highest BCUT2D eigenvalue weighted by Crippen LogP contribution is 2.34. The molecule has 2 aliphatic rings. The largest absolute Gasteiger partial charge is 0.381 e. The molecule has 0 aliphatic carbocycles. The molecule has 2 atom stereocenters. The van der Waals surface area contributed by atoms with Gasteiger partial charge < -0.3 is 14.6 Å². The molecule has 0 radical (unpaired) electrons. The molecule has 2 fully saturated rings. The number of ether oxygens (including phenoxy) is 1. The number of nitrogens with zero attached hydrogens (tertiary/aromatic N) is 2. The van der Waals surface area contributed by atoms with Gasteiger partial charge >= 0.3 is 0 Å². The van der Waals surface area contributed by atoms with Gasteiger partial charge in [0.05, 0.1) is 5.41 Å². The van der Waals surface area contributed by atoms with Gasteiger partial charge in [-0.05, 0) is 31.7 Å². The lowest BCUT2D eigenvalue weighted by atomic mass is 9.82. The first-order valence-electron chi connectivity index (χ1n) is 7.44. The van der Waals surface area contributed by atoms with Gasteiger partial charge in [-0.3, -0.25) is 0 Å². The zero-order valence-electron chi connectivity index (χ0n) is 11.7. The molecule has 0 amide bonds. The lowest BCUT2D eigenvalue weighted by Gasteiger charge is -2.22. The molecule has 19 heavy (non-hydrogen) atoms. The van der Waals surface area contributed by atoms with E-state index in [9.17, 15) is 0 Å². The van der Waals surface area contributed by atoms with E-state index in [0.29, 0.717) is 5.92 Å². The summed E-state index contributed by atoms with van der Waals surface area (Å²) < 4.78 is 11.0. The quantitative estimate of drug-likeness (QED) is 0.877. The van der Waals surface area contributed by atoms with Crippen LogP contribution in [-0.2, 0) is 16.6 Å². The predicted octanol–water partition coefficient (Wildman–Crippen LogP) is 1.68. The van der Waals surface area contributed by atoms with E-state index in [1.807, 2.05) is 0 Å². The van der Waals surface area contributed by atoms with Crippen LogP contribution in [0.4, 0.5) is 0 Å². The van der Waals surface area contributed by atoms with E-state index in [1.165, 1.54) is 0 Å². The fourth-order valence-electron chi connectivity index (χ4n) is 3.28. The molecule has 5 heteroatoms. The smallest absolute Gasteiger partial charge is 0.234 e. The van der Waals surface area contributed by atoms with Crippen molar-refractivity contribution in [3.63, 3.8) is 0 Å². The Hall–Kier alpha value is -0.940. The van der Waals surface area contributed by atoms with Gasteiger partial charge in [0, 0.05) is 26.2 Å². The second-order valence-electron chi connectivity index (χ2n) is 5.91. The molecule has 0 aromatic carbocycles. The van der Waals surface area contributed by atoms with Gasteiger partial charge in [-0.15, -0.1) is 0 Å². The van der Waals surface area contributed by atoms with Crippen LogP contribution in [0.1, 0.15) is 44.3 Å². The van der Waals surface area contributed by atoms with Crippen molar-refractivity contribution in [2.75, 3.05) is 26.3 Å². The molecule has 0 saturated carbocycles. The molecule has 1 N–H and O–H groups in total. The second kappa shape index (κ2) is 5.59. The third-order valence-electron chi connectivity index (χ3n) is 4.39. The van der Waals surface area contributed by atoms with E-state index in [0.717, 1.165) is 70.1 Å². The van der Waals surface area contributed by atoms with Crippen LogP contribution in [0.25, 0.3) is 0 Å². The molecule has 1 aromatic rings. The lowest BCUT2D eigenvalue weighted by Crippen LogP contribution is -2.29. The zero-order chi connectivity index (χ0) is 13.1. The molecule has 3 rings (SSSR count). The average Bonchev–Trinajstić information content (AvgIpc) is 3.11. The average molecular weight is 265 g/mol. The summed E-state index contributed by atoms with van der Waals surface area (Å²) in [5.74, 6) is 2.26. The number of hydrogen-bond donors (Lipinski definition) is 1. The van der Waals surface area contributed by atoms with Crippen molar-refractivity contribution >= 4 is 0 Å². The van der Waals surface area contributed by atoms with Gasteiger partial charge in [0.15, 0.2) is 5.82 Å². The van der Waals surface area contributed by atoms with E-state index < -0.39 is 0 Å². The number of rotatable bonds is 5. The molecule has 5 nitrogen and oxygen atoms in total. The van der Waals surface area contributed by atoms with E-state index in [2.05, 4.69) is 22.4 Å². The highest BCUT2D eigenvalue weighted by atomic mass is 16.5. The first-order valence-corrected chi connectivity index (χ1v) is 7.44. The molecule has 2 unspecified atom stereocenters. The van der Waals surface area contributed by atoms with Crippen LogP contribution >= 0.6 is 0 Å². The van der Waals surface area contributed by atoms with E-state index >= 15 is 0 Å². The van der Waals surface area contributed by atoms with Gasteiger partial charge in [-0.25, -0.2) is 0 Å². The molecule has 1 aromatic heterocycles. The highest BCUT2D eigenvalue weighted by molar-refractivity contribution is 5.10. The van der Waals surface area contributed by atoms with Gasteiger partial charge in [-0.1, -0.05) is 18.5 Å². The van der Waals surface area contributed by atoms with Crippen molar-refractivity contribution in [1.29, 1.82) is 0 Å². The Balaban J connectivity index is 1.71. The normalized spacial score (nSPS) is 31.1. The van der Waals surface area contributed by atoms with Crippen LogP contribution in [-0.4, -0.2) is 36.4 Å². The molecular formula is C14H23N3O2. The third-order valence-corrected chi connectivity index (χ3v) is 4.39. The van der Waals surface area contributed by atoms with Crippen LogP contribution in [0.2, 0.25) is 0 Å². The monoisotopic (exact) mass is 265 g/mol. The molecule has 2 aliphatic heterocycles. The summed E-state index contributed by atoms with van der Waals surface area (Å²) in [7, 11) is 0. The molecule has 2 saturated heterocycles. The highest BCUT2D eigenvalue weighted by Gasteiger charge is 2.40.